The number of amides is 2. The lowest BCUT2D eigenvalue weighted by Crippen LogP contribution is -2.40. The molecule has 1 aromatic carbocycles. The van der Waals surface area contributed by atoms with Crippen LogP contribution in [0, 0.1) is 5.92 Å². The van der Waals surface area contributed by atoms with Gasteiger partial charge < -0.3 is 19.9 Å². The summed E-state index contributed by atoms with van der Waals surface area (Å²) in [6.07, 6.45) is 3.93. The van der Waals surface area contributed by atoms with Gasteiger partial charge in [0.15, 0.2) is 0 Å². The van der Waals surface area contributed by atoms with Gasteiger partial charge in [0.25, 0.3) is 0 Å². The van der Waals surface area contributed by atoms with Crippen molar-refractivity contribution in [1.29, 1.82) is 0 Å². The maximum Gasteiger partial charge on any atom is 0.322 e. The number of fused-ring (bicyclic) bond motifs is 1. The Morgan fingerprint density at radius 3 is 2.96 bits per heavy atom. The van der Waals surface area contributed by atoms with Crippen LogP contribution in [0.3, 0.4) is 0 Å². The zero-order valence-electron chi connectivity index (χ0n) is 13.8. The molecule has 2 heterocycles. The van der Waals surface area contributed by atoms with Crippen molar-refractivity contribution >= 4 is 22.6 Å². The molecule has 1 fully saturated rings. The first kappa shape index (κ1) is 15.9. The van der Waals surface area contributed by atoms with Crippen LogP contribution in [0.5, 0.6) is 0 Å². The Morgan fingerprint density at radius 1 is 1.39 bits per heavy atom. The molecule has 3 rings (SSSR count). The second-order valence-electron chi connectivity index (χ2n) is 6.74. The van der Waals surface area contributed by atoms with Crippen molar-refractivity contribution in [3.05, 3.63) is 30.5 Å². The zero-order chi connectivity index (χ0) is 16.4. The molecule has 2 amide bonds. The van der Waals surface area contributed by atoms with Crippen molar-refractivity contribution in [3.8, 4) is 0 Å². The summed E-state index contributed by atoms with van der Waals surface area (Å²) in [6, 6.07) is 7.92. The van der Waals surface area contributed by atoms with Crippen LogP contribution >= 0.6 is 0 Å². The normalized spacial score (nSPS) is 18.1. The number of carbonyl (C=O) groups is 1. The zero-order valence-corrected chi connectivity index (χ0v) is 13.8. The average molecular weight is 315 g/mol. The molecule has 0 unspecified atom stereocenters. The summed E-state index contributed by atoms with van der Waals surface area (Å²) < 4.78 is 2.24. The summed E-state index contributed by atoms with van der Waals surface area (Å²) in [6.45, 7) is 6.14. The van der Waals surface area contributed by atoms with E-state index in [9.17, 15) is 9.90 Å². The van der Waals surface area contributed by atoms with E-state index in [0.29, 0.717) is 12.5 Å². The number of hydrogen-bond acceptors (Lipinski definition) is 2. The number of aliphatic hydroxyl groups excluding tert-OH is 1. The summed E-state index contributed by atoms with van der Waals surface area (Å²) in [5.41, 5.74) is 1.99. The van der Waals surface area contributed by atoms with Crippen LogP contribution in [0.2, 0.25) is 0 Å². The molecule has 2 N–H and O–H groups in total. The van der Waals surface area contributed by atoms with Crippen molar-refractivity contribution in [3.63, 3.8) is 0 Å². The number of rotatable bonds is 4. The highest BCUT2D eigenvalue weighted by Crippen LogP contribution is 2.23. The number of aromatic nitrogens is 1. The molecule has 5 nitrogen and oxygen atoms in total. The number of benzene rings is 1. The Balaban J connectivity index is 1.75. The van der Waals surface area contributed by atoms with Crippen LogP contribution in [0.25, 0.3) is 10.9 Å². The monoisotopic (exact) mass is 315 g/mol. The molecule has 1 aromatic heterocycles. The van der Waals surface area contributed by atoms with E-state index in [1.807, 2.05) is 12.1 Å². The van der Waals surface area contributed by atoms with E-state index in [-0.39, 0.29) is 18.7 Å². The third-order valence-electron chi connectivity index (χ3n) is 4.43. The molecule has 0 saturated carbocycles. The molecule has 1 aliphatic heterocycles. The van der Waals surface area contributed by atoms with Crippen molar-refractivity contribution in [2.75, 3.05) is 18.5 Å². The van der Waals surface area contributed by atoms with E-state index in [0.717, 1.165) is 30.5 Å². The predicted molar refractivity (Wildman–Crippen MR) is 92.6 cm³/mol. The second kappa shape index (κ2) is 6.62. The summed E-state index contributed by atoms with van der Waals surface area (Å²) in [5, 5.41) is 13.4. The first-order valence-electron chi connectivity index (χ1n) is 8.36. The van der Waals surface area contributed by atoms with Crippen LogP contribution in [-0.4, -0.2) is 39.8 Å². The van der Waals surface area contributed by atoms with Crippen molar-refractivity contribution in [2.45, 2.75) is 39.3 Å². The van der Waals surface area contributed by atoms with E-state index in [1.165, 1.54) is 5.52 Å². The Bertz CT molecular complexity index is 693. The van der Waals surface area contributed by atoms with E-state index in [4.69, 9.17) is 0 Å². The molecular formula is C18H25N3O2. The van der Waals surface area contributed by atoms with Gasteiger partial charge in [-0.25, -0.2) is 4.79 Å². The minimum absolute atomic E-state index is 0.0322. The molecule has 0 aliphatic carbocycles. The molecule has 0 radical (unpaired) electrons. The fourth-order valence-electron chi connectivity index (χ4n) is 3.32. The lowest BCUT2D eigenvalue weighted by Gasteiger charge is -2.23. The Kier molecular flexibility index (Phi) is 4.57. The van der Waals surface area contributed by atoms with Crippen LogP contribution < -0.4 is 5.32 Å². The predicted octanol–water partition coefficient (Wildman–Crippen LogP) is 3.29. The van der Waals surface area contributed by atoms with Gasteiger partial charge in [-0.05, 0) is 43.0 Å². The SMILES string of the molecule is CC(C)Cn1ccc2cc(NC(=O)N3CCC[C@H]3CO)ccc21. The second-order valence-corrected chi connectivity index (χ2v) is 6.74. The fourth-order valence-corrected chi connectivity index (χ4v) is 3.32. The molecule has 1 aliphatic rings. The van der Waals surface area contributed by atoms with Gasteiger partial charge in [0.1, 0.15) is 0 Å². The molecule has 0 bridgehead atoms. The molecular weight excluding hydrogens is 290 g/mol. The van der Waals surface area contributed by atoms with Gasteiger partial charge in [0.05, 0.1) is 12.6 Å². The first-order chi connectivity index (χ1) is 11.1. The van der Waals surface area contributed by atoms with Crippen LogP contribution in [0.15, 0.2) is 30.5 Å². The van der Waals surface area contributed by atoms with Gasteiger partial charge in [-0.15, -0.1) is 0 Å². The number of aliphatic hydroxyl groups is 1. The standard InChI is InChI=1S/C18H25N3O2/c1-13(2)11-20-9-7-14-10-15(5-6-17(14)20)19-18(23)21-8-3-4-16(21)12-22/h5-7,9-10,13,16,22H,3-4,8,11-12H2,1-2H3,(H,19,23)/t16-/m0/s1. The first-order valence-corrected chi connectivity index (χ1v) is 8.36. The van der Waals surface area contributed by atoms with Gasteiger partial charge in [-0.1, -0.05) is 13.8 Å². The number of hydrogen-bond donors (Lipinski definition) is 2. The quantitative estimate of drug-likeness (QED) is 0.909. The third-order valence-corrected chi connectivity index (χ3v) is 4.43. The van der Waals surface area contributed by atoms with Crippen molar-refractivity contribution in [2.24, 2.45) is 5.92 Å². The smallest absolute Gasteiger partial charge is 0.322 e. The van der Waals surface area contributed by atoms with Crippen molar-refractivity contribution < 1.29 is 9.90 Å². The molecule has 1 saturated heterocycles. The Morgan fingerprint density at radius 2 is 2.22 bits per heavy atom. The highest BCUT2D eigenvalue weighted by atomic mass is 16.3. The largest absolute Gasteiger partial charge is 0.394 e. The number of nitrogens with zero attached hydrogens (tertiary/aromatic N) is 2. The summed E-state index contributed by atoms with van der Waals surface area (Å²) in [7, 11) is 0. The van der Waals surface area contributed by atoms with Gasteiger partial charge in [0.2, 0.25) is 0 Å². The van der Waals surface area contributed by atoms with E-state index in [2.05, 4.69) is 42.1 Å². The molecule has 1 atom stereocenters. The van der Waals surface area contributed by atoms with Crippen LogP contribution in [0.1, 0.15) is 26.7 Å². The minimum atomic E-state index is -0.123. The summed E-state index contributed by atoms with van der Waals surface area (Å²) in [4.78, 5) is 14.1. The lowest BCUT2D eigenvalue weighted by atomic mass is 10.2. The number of likely N-dealkylation sites (tertiary alicyclic amines) is 1. The molecule has 23 heavy (non-hydrogen) atoms. The molecule has 124 valence electrons. The van der Waals surface area contributed by atoms with Gasteiger partial charge in [-0.2, -0.15) is 0 Å². The van der Waals surface area contributed by atoms with Gasteiger partial charge in [-0.3, -0.25) is 0 Å². The number of carbonyl (C=O) groups excluding carboxylic acids is 1. The highest BCUT2D eigenvalue weighted by molar-refractivity contribution is 5.93. The molecule has 0 spiro atoms. The van der Waals surface area contributed by atoms with Gasteiger partial charge in [0, 0.05) is 35.9 Å². The third kappa shape index (κ3) is 3.34. The maximum atomic E-state index is 12.4. The molecule has 5 heteroatoms. The minimum Gasteiger partial charge on any atom is -0.394 e. The molecule has 2 aromatic rings. The van der Waals surface area contributed by atoms with E-state index >= 15 is 0 Å². The van der Waals surface area contributed by atoms with Crippen LogP contribution in [-0.2, 0) is 6.54 Å². The summed E-state index contributed by atoms with van der Waals surface area (Å²) >= 11 is 0. The van der Waals surface area contributed by atoms with E-state index < -0.39 is 0 Å². The number of nitrogens with one attached hydrogen (secondary N) is 1. The Hall–Kier alpha value is -2.01. The highest BCUT2D eigenvalue weighted by Gasteiger charge is 2.28. The lowest BCUT2D eigenvalue weighted by molar-refractivity contribution is 0.166. The van der Waals surface area contributed by atoms with Crippen LogP contribution in [0.4, 0.5) is 10.5 Å². The summed E-state index contributed by atoms with van der Waals surface area (Å²) in [5.74, 6) is 0.593. The number of urea groups is 1. The maximum absolute atomic E-state index is 12.4. The van der Waals surface area contributed by atoms with Crippen molar-refractivity contribution in [1.82, 2.24) is 9.47 Å². The van der Waals surface area contributed by atoms with E-state index in [1.54, 1.807) is 4.90 Å². The fraction of sp³-hybridized carbons (Fsp3) is 0.500. The number of anilines is 1. The average Bonchev–Trinajstić information content (AvgIpc) is 3.13. The Labute approximate surface area is 136 Å². The topological polar surface area (TPSA) is 57.5 Å². The van der Waals surface area contributed by atoms with Gasteiger partial charge >= 0.3 is 6.03 Å².